The van der Waals surface area contributed by atoms with Crippen LogP contribution in [0.3, 0.4) is 0 Å². The molecular formula is C14H16N4O4S3. The number of hydrogen-bond acceptors (Lipinski definition) is 8. The highest BCUT2D eigenvalue weighted by molar-refractivity contribution is 8.00. The standard InChI is InChI=1S/C14H16N4O4S3/c1-8-4-5-10-9(6-8)18(25(3,20)21)7-11(22-10)12(19)15-13-16-17-14(23-2)24-13/h4-6,11H,7H2,1-3H3,(H,15,16,19). The number of rotatable bonds is 4. The molecule has 11 heteroatoms. The Balaban J connectivity index is 1.86. The molecular weight excluding hydrogens is 384 g/mol. The van der Waals surface area contributed by atoms with E-state index >= 15 is 0 Å². The molecule has 1 atom stereocenters. The van der Waals surface area contributed by atoms with Crippen LogP contribution in [0.4, 0.5) is 10.8 Å². The summed E-state index contributed by atoms with van der Waals surface area (Å²) in [6.45, 7) is 1.76. The monoisotopic (exact) mass is 400 g/mol. The number of aromatic nitrogens is 2. The van der Waals surface area contributed by atoms with E-state index < -0.39 is 22.0 Å². The van der Waals surface area contributed by atoms with Gasteiger partial charge in [-0.1, -0.05) is 29.2 Å². The number of amides is 1. The van der Waals surface area contributed by atoms with Gasteiger partial charge < -0.3 is 4.74 Å². The average molecular weight is 401 g/mol. The van der Waals surface area contributed by atoms with Crippen molar-refractivity contribution in [3.63, 3.8) is 0 Å². The minimum atomic E-state index is -3.55. The van der Waals surface area contributed by atoms with Gasteiger partial charge in [0.1, 0.15) is 5.75 Å². The molecule has 1 amide bonds. The third-order valence-corrected chi connectivity index (χ3v) is 6.45. The van der Waals surface area contributed by atoms with Crippen LogP contribution in [0.25, 0.3) is 0 Å². The maximum absolute atomic E-state index is 12.5. The normalized spacial score (nSPS) is 16.9. The number of ether oxygens (including phenoxy) is 1. The zero-order valence-electron chi connectivity index (χ0n) is 13.7. The van der Waals surface area contributed by atoms with Crippen LogP contribution in [0.5, 0.6) is 5.75 Å². The Bertz CT molecular complexity index is 913. The molecule has 1 aromatic carbocycles. The van der Waals surface area contributed by atoms with Crippen molar-refractivity contribution in [2.45, 2.75) is 17.4 Å². The van der Waals surface area contributed by atoms with Crippen LogP contribution < -0.4 is 14.4 Å². The van der Waals surface area contributed by atoms with E-state index in [9.17, 15) is 13.2 Å². The molecule has 0 radical (unpaired) electrons. The lowest BCUT2D eigenvalue weighted by atomic mass is 10.1. The average Bonchev–Trinajstić information content (AvgIpc) is 3.00. The number of nitrogens with one attached hydrogen (secondary N) is 1. The Morgan fingerprint density at radius 2 is 2.20 bits per heavy atom. The molecule has 25 heavy (non-hydrogen) atoms. The second-order valence-electron chi connectivity index (χ2n) is 5.44. The largest absolute Gasteiger partial charge is 0.476 e. The van der Waals surface area contributed by atoms with Gasteiger partial charge in [-0.15, -0.1) is 10.2 Å². The minimum Gasteiger partial charge on any atom is -0.476 e. The van der Waals surface area contributed by atoms with E-state index in [-0.39, 0.29) is 6.54 Å². The van der Waals surface area contributed by atoms with Crippen molar-refractivity contribution in [3.05, 3.63) is 23.8 Å². The van der Waals surface area contributed by atoms with Crippen molar-refractivity contribution in [2.75, 3.05) is 28.7 Å². The summed E-state index contributed by atoms with van der Waals surface area (Å²) >= 11 is 2.66. The molecule has 0 spiro atoms. The van der Waals surface area contributed by atoms with Gasteiger partial charge in [-0.3, -0.25) is 14.4 Å². The number of benzene rings is 1. The summed E-state index contributed by atoms with van der Waals surface area (Å²) in [5, 5.41) is 10.7. The fraction of sp³-hybridized carbons (Fsp3) is 0.357. The maximum Gasteiger partial charge on any atom is 0.269 e. The Kier molecular flexibility index (Phi) is 4.89. The summed E-state index contributed by atoms with van der Waals surface area (Å²) in [7, 11) is -3.55. The molecule has 0 aliphatic carbocycles. The van der Waals surface area contributed by atoms with E-state index in [0.717, 1.165) is 16.2 Å². The maximum atomic E-state index is 12.5. The second kappa shape index (κ2) is 6.81. The van der Waals surface area contributed by atoms with Crippen LogP contribution in [0, 0.1) is 6.92 Å². The molecule has 8 nitrogen and oxygen atoms in total. The molecule has 0 fully saturated rings. The van der Waals surface area contributed by atoms with E-state index in [4.69, 9.17) is 4.74 Å². The quantitative estimate of drug-likeness (QED) is 0.616. The number of fused-ring (bicyclic) bond motifs is 1. The number of anilines is 2. The van der Waals surface area contributed by atoms with Crippen molar-refractivity contribution in [1.82, 2.24) is 10.2 Å². The van der Waals surface area contributed by atoms with Gasteiger partial charge >= 0.3 is 0 Å². The predicted molar refractivity (Wildman–Crippen MR) is 98.1 cm³/mol. The summed E-state index contributed by atoms with van der Waals surface area (Å²) in [6.07, 6.45) is 1.99. The van der Waals surface area contributed by atoms with Gasteiger partial charge in [-0.2, -0.15) is 0 Å². The van der Waals surface area contributed by atoms with Crippen molar-refractivity contribution >= 4 is 49.8 Å². The van der Waals surface area contributed by atoms with Gasteiger partial charge in [0, 0.05) is 0 Å². The summed E-state index contributed by atoms with van der Waals surface area (Å²) < 4.78 is 31.9. The van der Waals surface area contributed by atoms with Crippen molar-refractivity contribution < 1.29 is 17.9 Å². The van der Waals surface area contributed by atoms with Crippen LogP contribution in [0.2, 0.25) is 0 Å². The molecule has 0 saturated carbocycles. The Labute approximate surface area is 153 Å². The lowest BCUT2D eigenvalue weighted by Crippen LogP contribution is -2.48. The van der Waals surface area contributed by atoms with Crippen molar-refractivity contribution in [1.29, 1.82) is 0 Å². The fourth-order valence-electron chi connectivity index (χ4n) is 2.34. The first kappa shape index (κ1) is 18.0. The van der Waals surface area contributed by atoms with E-state index in [0.29, 0.717) is 16.6 Å². The Morgan fingerprint density at radius 1 is 1.44 bits per heavy atom. The first-order valence-corrected chi connectivity index (χ1v) is 11.1. The molecule has 134 valence electrons. The molecule has 1 aliphatic heterocycles. The van der Waals surface area contributed by atoms with Gasteiger partial charge in [0.05, 0.1) is 18.5 Å². The number of nitrogens with zero attached hydrogens (tertiary/aromatic N) is 3. The highest BCUT2D eigenvalue weighted by Crippen LogP contribution is 2.36. The van der Waals surface area contributed by atoms with Gasteiger partial charge in [0.15, 0.2) is 10.4 Å². The molecule has 3 rings (SSSR count). The number of hydrogen-bond donors (Lipinski definition) is 1. The summed E-state index contributed by atoms with van der Waals surface area (Å²) in [4.78, 5) is 12.5. The number of carbonyl (C=O) groups is 1. The third-order valence-electron chi connectivity index (χ3n) is 3.49. The number of thioether (sulfide) groups is 1. The number of sulfonamides is 1. The Morgan fingerprint density at radius 3 is 2.84 bits per heavy atom. The first-order valence-electron chi connectivity index (χ1n) is 7.21. The lowest BCUT2D eigenvalue weighted by Gasteiger charge is -2.34. The zero-order chi connectivity index (χ0) is 18.2. The smallest absolute Gasteiger partial charge is 0.269 e. The van der Waals surface area contributed by atoms with Crippen LogP contribution in [0.1, 0.15) is 5.56 Å². The summed E-state index contributed by atoms with van der Waals surface area (Å²) in [5.74, 6) is -0.117. The van der Waals surface area contributed by atoms with Gasteiger partial charge in [-0.05, 0) is 30.9 Å². The van der Waals surface area contributed by atoms with Crippen LogP contribution in [-0.4, -0.2) is 49.7 Å². The third kappa shape index (κ3) is 3.88. The van der Waals surface area contributed by atoms with Gasteiger partial charge in [0.25, 0.3) is 5.91 Å². The second-order valence-corrected chi connectivity index (χ2v) is 9.38. The minimum absolute atomic E-state index is 0.102. The molecule has 0 saturated heterocycles. The van der Waals surface area contributed by atoms with Crippen LogP contribution >= 0.6 is 23.1 Å². The Hall–Kier alpha value is -1.85. The zero-order valence-corrected chi connectivity index (χ0v) is 16.2. The fourth-order valence-corrected chi connectivity index (χ4v) is 4.42. The van der Waals surface area contributed by atoms with E-state index in [1.807, 2.05) is 13.2 Å². The molecule has 1 aromatic heterocycles. The molecule has 0 bridgehead atoms. The highest BCUT2D eigenvalue weighted by atomic mass is 32.2. The number of aryl methyl sites for hydroxylation is 1. The lowest BCUT2D eigenvalue weighted by molar-refractivity contribution is -0.122. The van der Waals surface area contributed by atoms with E-state index in [1.54, 1.807) is 18.2 Å². The first-order chi connectivity index (χ1) is 11.8. The van der Waals surface area contributed by atoms with Crippen LogP contribution in [0.15, 0.2) is 22.5 Å². The molecule has 2 heterocycles. The van der Waals surface area contributed by atoms with Gasteiger partial charge in [-0.25, -0.2) is 8.42 Å². The predicted octanol–water partition coefficient (Wildman–Crippen LogP) is 1.73. The van der Waals surface area contributed by atoms with Crippen molar-refractivity contribution in [2.24, 2.45) is 0 Å². The van der Waals surface area contributed by atoms with E-state index in [1.165, 1.54) is 27.4 Å². The molecule has 1 N–H and O–H groups in total. The highest BCUT2D eigenvalue weighted by Gasteiger charge is 2.35. The van der Waals surface area contributed by atoms with Gasteiger partial charge in [0.2, 0.25) is 15.2 Å². The van der Waals surface area contributed by atoms with E-state index in [2.05, 4.69) is 15.5 Å². The van der Waals surface area contributed by atoms with Crippen LogP contribution in [-0.2, 0) is 14.8 Å². The SMILES string of the molecule is CSc1nnc(NC(=O)C2CN(S(C)(=O)=O)c3cc(C)ccc3O2)s1. The molecule has 2 aromatic rings. The van der Waals surface area contributed by atoms with Crippen molar-refractivity contribution in [3.8, 4) is 5.75 Å². The molecule has 1 unspecified atom stereocenters. The molecule has 1 aliphatic rings. The summed E-state index contributed by atoms with van der Waals surface area (Å²) in [5.41, 5.74) is 1.34. The number of carbonyl (C=O) groups excluding carboxylic acids is 1. The summed E-state index contributed by atoms with van der Waals surface area (Å²) in [6, 6.07) is 5.19. The topological polar surface area (TPSA) is 101 Å².